The Kier molecular flexibility index (Phi) is 4.24. The third-order valence-corrected chi connectivity index (χ3v) is 3.04. The van der Waals surface area contributed by atoms with E-state index in [2.05, 4.69) is 10.4 Å². The number of carbonyl (C=O) groups is 1. The van der Waals surface area contributed by atoms with E-state index in [0.29, 0.717) is 29.3 Å². The number of hydrogen-bond acceptors (Lipinski definition) is 7. The van der Waals surface area contributed by atoms with Gasteiger partial charge in [-0.3, -0.25) is 0 Å². The standard InChI is InChI=1S/C14H17N5O2/c1-21-14(20)9-4-2-3-8(5-9)6-10-7-11(15)18-13(19-17)12(10)16/h2-5,7H,6,16-17H2,1H3,(H3,15,18,19). The summed E-state index contributed by atoms with van der Waals surface area (Å²) < 4.78 is 4.70. The van der Waals surface area contributed by atoms with Gasteiger partial charge >= 0.3 is 5.97 Å². The van der Waals surface area contributed by atoms with Crippen molar-refractivity contribution < 1.29 is 9.53 Å². The molecule has 0 saturated heterocycles. The van der Waals surface area contributed by atoms with Gasteiger partial charge in [-0.1, -0.05) is 12.1 Å². The topological polar surface area (TPSA) is 129 Å². The number of hydrazine groups is 1. The number of methoxy groups -OCH3 is 1. The molecule has 0 bridgehead atoms. The first-order chi connectivity index (χ1) is 10.0. The minimum absolute atomic E-state index is 0.316. The van der Waals surface area contributed by atoms with Gasteiger partial charge in [0.05, 0.1) is 18.4 Å². The highest BCUT2D eigenvalue weighted by molar-refractivity contribution is 5.89. The number of ether oxygens (including phenoxy) is 1. The van der Waals surface area contributed by atoms with Crippen LogP contribution in [0.1, 0.15) is 21.5 Å². The molecule has 0 aliphatic carbocycles. The molecular formula is C14H17N5O2. The molecule has 0 saturated carbocycles. The Morgan fingerprint density at radius 1 is 1.33 bits per heavy atom. The molecule has 0 aliphatic heterocycles. The number of esters is 1. The van der Waals surface area contributed by atoms with E-state index in [-0.39, 0.29) is 5.97 Å². The quantitative estimate of drug-likeness (QED) is 0.373. The molecule has 0 fully saturated rings. The fourth-order valence-electron chi connectivity index (χ4n) is 2.03. The maximum atomic E-state index is 11.5. The molecule has 0 aliphatic rings. The molecule has 2 rings (SSSR count). The fourth-order valence-corrected chi connectivity index (χ4v) is 2.03. The molecular weight excluding hydrogens is 270 g/mol. The lowest BCUT2D eigenvalue weighted by atomic mass is 10.0. The van der Waals surface area contributed by atoms with E-state index >= 15 is 0 Å². The van der Waals surface area contributed by atoms with Crippen LogP contribution < -0.4 is 22.7 Å². The van der Waals surface area contributed by atoms with Gasteiger partial charge in [-0.05, 0) is 35.7 Å². The predicted octanol–water partition coefficient (Wildman–Crippen LogP) is 0.909. The van der Waals surface area contributed by atoms with Gasteiger partial charge in [0.15, 0.2) is 5.82 Å². The van der Waals surface area contributed by atoms with Crippen LogP contribution in [0.2, 0.25) is 0 Å². The number of nitrogens with zero attached hydrogens (tertiary/aromatic N) is 1. The monoisotopic (exact) mass is 287 g/mol. The summed E-state index contributed by atoms with van der Waals surface area (Å²) in [7, 11) is 1.34. The Balaban J connectivity index is 2.34. The van der Waals surface area contributed by atoms with E-state index in [1.54, 1.807) is 24.3 Å². The first-order valence-corrected chi connectivity index (χ1v) is 6.24. The van der Waals surface area contributed by atoms with Gasteiger partial charge in [0, 0.05) is 0 Å². The fraction of sp³-hybridized carbons (Fsp3) is 0.143. The lowest BCUT2D eigenvalue weighted by Crippen LogP contribution is -2.13. The van der Waals surface area contributed by atoms with Crippen LogP contribution in [-0.2, 0) is 11.2 Å². The highest BCUT2D eigenvalue weighted by Gasteiger charge is 2.10. The van der Waals surface area contributed by atoms with Crippen molar-refractivity contribution in [2.75, 3.05) is 24.0 Å². The van der Waals surface area contributed by atoms with Crippen molar-refractivity contribution in [1.29, 1.82) is 0 Å². The van der Waals surface area contributed by atoms with Crippen molar-refractivity contribution in [3.8, 4) is 0 Å². The van der Waals surface area contributed by atoms with E-state index in [1.165, 1.54) is 7.11 Å². The average Bonchev–Trinajstić information content (AvgIpc) is 2.50. The molecule has 0 amide bonds. The summed E-state index contributed by atoms with van der Waals surface area (Å²) >= 11 is 0. The molecule has 7 heteroatoms. The highest BCUT2D eigenvalue weighted by atomic mass is 16.5. The molecule has 7 nitrogen and oxygen atoms in total. The Labute approximate surface area is 122 Å². The third-order valence-electron chi connectivity index (χ3n) is 3.04. The number of nitrogens with two attached hydrogens (primary N) is 3. The van der Waals surface area contributed by atoms with Crippen LogP contribution in [0.15, 0.2) is 30.3 Å². The maximum Gasteiger partial charge on any atom is 0.337 e. The molecule has 7 N–H and O–H groups in total. The average molecular weight is 287 g/mol. The van der Waals surface area contributed by atoms with E-state index in [9.17, 15) is 4.79 Å². The van der Waals surface area contributed by atoms with Gasteiger partial charge in [0.25, 0.3) is 0 Å². The number of anilines is 3. The second-order valence-electron chi connectivity index (χ2n) is 4.48. The number of rotatable bonds is 4. The molecule has 1 heterocycles. The van der Waals surface area contributed by atoms with Crippen molar-refractivity contribution in [2.45, 2.75) is 6.42 Å². The van der Waals surface area contributed by atoms with Crippen LogP contribution in [0.3, 0.4) is 0 Å². The Bertz CT molecular complexity index is 672. The second kappa shape index (κ2) is 6.10. The molecule has 21 heavy (non-hydrogen) atoms. The molecule has 0 atom stereocenters. The first kappa shape index (κ1) is 14.6. The minimum Gasteiger partial charge on any atom is -0.465 e. The van der Waals surface area contributed by atoms with Crippen molar-refractivity contribution in [1.82, 2.24) is 4.98 Å². The highest BCUT2D eigenvalue weighted by Crippen LogP contribution is 2.25. The van der Waals surface area contributed by atoms with Crippen LogP contribution in [-0.4, -0.2) is 18.1 Å². The number of carbonyl (C=O) groups excluding carboxylic acids is 1. The first-order valence-electron chi connectivity index (χ1n) is 6.24. The number of nitrogens with one attached hydrogen (secondary N) is 1. The van der Waals surface area contributed by atoms with Gasteiger partial charge in [0.2, 0.25) is 0 Å². The summed E-state index contributed by atoms with van der Waals surface area (Å²) in [6.07, 6.45) is 0.498. The lowest BCUT2D eigenvalue weighted by Gasteiger charge is -2.11. The minimum atomic E-state index is -0.386. The normalized spacial score (nSPS) is 10.2. The van der Waals surface area contributed by atoms with Gasteiger partial charge in [0.1, 0.15) is 5.82 Å². The van der Waals surface area contributed by atoms with E-state index < -0.39 is 0 Å². The van der Waals surface area contributed by atoms with E-state index in [1.807, 2.05) is 6.07 Å². The summed E-state index contributed by atoms with van der Waals surface area (Å²) in [5, 5.41) is 0. The molecule has 110 valence electrons. The second-order valence-corrected chi connectivity index (χ2v) is 4.48. The summed E-state index contributed by atoms with van der Waals surface area (Å²) in [6.45, 7) is 0. The lowest BCUT2D eigenvalue weighted by molar-refractivity contribution is 0.0600. The van der Waals surface area contributed by atoms with Gasteiger partial charge in [-0.25, -0.2) is 15.6 Å². The molecule has 1 aromatic carbocycles. The number of hydrogen-bond donors (Lipinski definition) is 4. The Morgan fingerprint density at radius 3 is 2.76 bits per heavy atom. The SMILES string of the molecule is COC(=O)c1cccc(Cc2cc(N)nc(NN)c2N)c1. The van der Waals surface area contributed by atoms with Crippen molar-refractivity contribution in [2.24, 2.45) is 5.84 Å². The van der Waals surface area contributed by atoms with E-state index in [0.717, 1.165) is 11.1 Å². The zero-order chi connectivity index (χ0) is 15.4. The summed E-state index contributed by atoms with van der Waals surface area (Å²) in [5.74, 6) is 5.61. The van der Waals surface area contributed by atoms with Crippen LogP contribution in [0, 0.1) is 0 Å². The number of benzene rings is 1. The van der Waals surface area contributed by atoms with Crippen LogP contribution in [0.4, 0.5) is 17.3 Å². The number of nitrogen functional groups attached to an aromatic ring is 3. The molecule has 1 aromatic heterocycles. The molecule has 0 spiro atoms. The zero-order valence-corrected chi connectivity index (χ0v) is 11.6. The van der Waals surface area contributed by atoms with Gasteiger partial charge < -0.3 is 21.6 Å². The Hall–Kier alpha value is -2.80. The number of aromatic nitrogens is 1. The maximum absolute atomic E-state index is 11.5. The molecule has 2 aromatic rings. The zero-order valence-electron chi connectivity index (χ0n) is 11.6. The van der Waals surface area contributed by atoms with Gasteiger partial charge in [-0.15, -0.1) is 0 Å². The Morgan fingerprint density at radius 2 is 2.10 bits per heavy atom. The van der Waals surface area contributed by atoms with Crippen molar-refractivity contribution in [3.05, 3.63) is 47.0 Å². The summed E-state index contributed by atoms with van der Waals surface area (Å²) in [4.78, 5) is 15.5. The van der Waals surface area contributed by atoms with Crippen LogP contribution >= 0.6 is 0 Å². The predicted molar refractivity (Wildman–Crippen MR) is 81.5 cm³/mol. The molecule has 0 unspecified atom stereocenters. The molecule has 0 radical (unpaired) electrons. The number of pyridine rings is 1. The van der Waals surface area contributed by atoms with Gasteiger partial charge in [-0.2, -0.15) is 0 Å². The van der Waals surface area contributed by atoms with Crippen LogP contribution in [0.5, 0.6) is 0 Å². The van der Waals surface area contributed by atoms with Crippen LogP contribution in [0.25, 0.3) is 0 Å². The third kappa shape index (κ3) is 3.21. The van der Waals surface area contributed by atoms with Crippen molar-refractivity contribution in [3.63, 3.8) is 0 Å². The smallest absolute Gasteiger partial charge is 0.337 e. The largest absolute Gasteiger partial charge is 0.465 e. The van der Waals surface area contributed by atoms with Crippen molar-refractivity contribution >= 4 is 23.3 Å². The van der Waals surface area contributed by atoms with E-state index in [4.69, 9.17) is 22.0 Å². The summed E-state index contributed by atoms with van der Waals surface area (Å²) in [5.41, 5.74) is 16.7. The summed E-state index contributed by atoms with van der Waals surface area (Å²) in [6, 6.07) is 8.79.